The number of rotatable bonds is 21. The van der Waals surface area contributed by atoms with Gasteiger partial charge in [-0.25, -0.2) is 18.7 Å². The second-order valence-corrected chi connectivity index (χ2v) is 47.3. The van der Waals surface area contributed by atoms with Gasteiger partial charge in [-0.3, -0.25) is 9.13 Å². The largest absolute Gasteiger partial charge is 0.456 e. The van der Waals surface area contributed by atoms with Crippen molar-refractivity contribution in [2.45, 2.75) is 203 Å². The predicted molar refractivity (Wildman–Crippen MR) is 366 cm³/mol. The number of nitrogens with zero attached hydrogens (tertiary/aromatic N) is 9. The van der Waals surface area contributed by atoms with Crippen molar-refractivity contribution in [3.8, 4) is 23.1 Å². The van der Waals surface area contributed by atoms with Gasteiger partial charge in [0.1, 0.15) is 66.6 Å². The number of hydrogen-bond acceptors (Lipinski definition) is 16. The van der Waals surface area contributed by atoms with Crippen LogP contribution in [0.25, 0.3) is 38.3 Å². The Hall–Kier alpha value is -4.90. The smallest absolute Gasteiger partial charge is 0.371 e. The van der Waals surface area contributed by atoms with Crippen LogP contribution in [0, 0.1) is 18.2 Å². The molecule has 13 rings (SSSR count). The molecule has 0 amide bonds. The van der Waals surface area contributed by atoms with Gasteiger partial charge in [-0.05, 0) is 139 Å². The van der Waals surface area contributed by atoms with Crippen LogP contribution in [-0.2, 0) is 72.0 Å². The van der Waals surface area contributed by atoms with Crippen molar-refractivity contribution in [3.05, 3.63) is 120 Å². The summed E-state index contributed by atoms with van der Waals surface area (Å²) >= 11 is 17.0. The Bertz CT molecular complexity index is 3980. The number of benzene rings is 2. The monoisotopic (exact) mass is 1450 g/mol. The Morgan fingerprint density at radius 3 is 1.62 bits per heavy atom. The molecule has 19 nitrogen and oxygen atoms in total. The van der Waals surface area contributed by atoms with Crippen molar-refractivity contribution >= 4 is 91.9 Å². The Kier molecular flexibility index (Phi) is 20.4. The minimum atomic E-state index is -2.04. The molecule has 6 aliphatic rings. The zero-order valence-corrected chi connectivity index (χ0v) is 61.3. The summed E-state index contributed by atoms with van der Waals surface area (Å²) in [5.41, 5.74) is 8.48. The van der Waals surface area contributed by atoms with Gasteiger partial charge in [0.05, 0.1) is 66.4 Å². The van der Waals surface area contributed by atoms with Gasteiger partial charge in [0.15, 0.2) is 31.8 Å². The number of fused-ring (bicyclic) bond motifs is 6. The second kappa shape index (κ2) is 27.8. The third-order valence-electron chi connectivity index (χ3n) is 19.3. The van der Waals surface area contributed by atoms with E-state index < -0.39 is 48.9 Å². The lowest BCUT2D eigenvalue weighted by Gasteiger charge is -2.39. The van der Waals surface area contributed by atoms with Gasteiger partial charge >= 0.3 is 18.0 Å². The first-order valence-corrected chi connectivity index (χ1v) is 44.4. The summed E-state index contributed by atoms with van der Waals surface area (Å²) in [6.07, 6.45) is 4.29. The van der Waals surface area contributed by atoms with E-state index in [2.05, 4.69) is 104 Å². The van der Waals surface area contributed by atoms with Gasteiger partial charge in [-0.2, -0.15) is 19.9 Å². The lowest BCUT2D eigenvalue weighted by Crippen LogP contribution is -2.47. The van der Waals surface area contributed by atoms with Crippen LogP contribution in [0.5, 0.6) is 12.0 Å². The number of aliphatic hydroxyl groups excluding tert-OH is 1. The number of ether oxygens (including phenoxy) is 8. The van der Waals surface area contributed by atoms with Crippen LogP contribution in [0.2, 0.25) is 79.5 Å². The van der Waals surface area contributed by atoms with Gasteiger partial charge in [-0.1, -0.05) is 105 Å². The van der Waals surface area contributed by atoms with Gasteiger partial charge in [0.25, 0.3) is 0 Å². The molecule has 5 aromatic heterocycles. The molecule has 504 valence electrons. The molecule has 0 saturated carbocycles. The van der Waals surface area contributed by atoms with E-state index in [1.54, 1.807) is 18.5 Å². The minimum Gasteiger partial charge on any atom is -0.456 e. The van der Waals surface area contributed by atoms with E-state index in [1.165, 1.54) is 12.1 Å². The third-order valence-corrected chi connectivity index (χ3v) is 28.3. The fraction of sp³-hybridized carbons (Fsp3) is 0.567. The molecule has 0 bridgehead atoms. The molecule has 0 spiro atoms. The molecule has 2 aliphatic carbocycles. The molecule has 9 heterocycles. The summed E-state index contributed by atoms with van der Waals surface area (Å²) in [4.78, 5) is 30.9. The summed E-state index contributed by atoms with van der Waals surface area (Å²) < 4.78 is 91.2. The average molecular weight is 1450 g/mol. The van der Waals surface area contributed by atoms with Crippen molar-refractivity contribution in [3.63, 3.8) is 0 Å². The predicted octanol–water partition coefficient (Wildman–Crippen LogP) is 14.2. The van der Waals surface area contributed by atoms with Crippen molar-refractivity contribution < 1.29 is 56.2 Å². The van der Waals surface area contributed by atoms with E-state index in [1.807, 2.05) is 27.3 Å². The standard InChI is InChI=1S/C39H50ClFN6O5Si2.C28H34BrClFN3O5Si/c1-39(2,3)54(8,9)52-32-21-50-34-31(20-49-35(32)34)51-38-46-30-17-27(40)29(45-36(30)47(38)22-48-12-13-53(5,6)7)16-24-11-10-23-14-25(15-28(41)33(23)24)26-18-43-37(42-4)44-19-26;1-40(2,3)7-6-36-14-34-27-21(33-28(34)39-23-13-38-25-22(35)12-37-26(23)25)11-18(30)20(32-27)9-16-5-4-15-8-17(29)10-19(31)24(15)16/h14-15,17-19,24,31-32,34-35H,10-13,16,20-22H2,1-3,5-9H3;8,10-11,16,22-23,25-26,35H,4-7,9,12-14H2,1-3H3/t24-,31-,32-,34-,35-;16-,22-,23-,25-,26-/m11/s1. The molecule has 1 N–H and O–H groups in total. The van der Waals surface area contributed by atoms with Crippen LogP contribution in [-0.4, -0.2) is 157 Å². The molecule has 27 heteroatoms. The van der Waals surface area contributed by atoms with E-state index in [9.17, 15) is 9.50 Å². The Labute approximate surface area is 569 Å². The number of pyridine rings is 2. The van der Waals surface area contributed by atoms with Crippen LogP contribution < -0.4 is 9.47 Å². The quantitative estimate of drug-likeness (QED) is 0.0405. The molecule has 10 atom stereocenters. The highest BCUT2D eigenvalue weighted by Crippen LogP contribution is 2.45. The summed E-state index contributed by atoms with van der Waals surface area (Å²) in [5.74, 6) is -0.534. The van der Waals surface area contributed by atoms with Crippen LogP contribution in [0.3, 0.4) is 0 Å². The van der Waals surface area contributed by atoms with Crippen molar-refractivity contribution in [2.24, 2.45) is 0 Å². The molecule has 2 aromatic carbocycles. The van der Waals surface area contributed by atoms with Crippen molar-refractivity contribution in [1.29, 1.82) is 0 Å². The maximum absolute atomic E-state index is 15.8. The topological polar surface area (TPSA) is 195 Å². The lowest BCUT2D eigenvalue weighted by atomic mass is 9.93. The van der Waals surface area contributed by atoms with Gasteiger partial charge in [-0.15, -0.1) is 6.57 Å². The maximum Gasteiger partial charge on any atom is 0.371 e. The zero-order chi connectivity index (χ0) is 66.8. The van der Waals surface area contributed by atoms with E-state index in [0.29, 0.717) is 112 Å². The second-order valence-electron chi connectivity index (χ2n) is 29.6. The number of aromatic nitrogens is 8. The maximum atomic E-state index is 15.8. The van der Waals surface area contributed by atoms with Crippen molar-refractivity contribution in [2.75, 3.05) is 39.6 Å². The van der Waals surface area contributed by atoms with Crippen LogP contribution in [0.15, 0.2) is 53.3 Å². The average Bonchev–Trinajstić information content (AvgIpc) is 1.61. The number of aliphatic hydroxyl groups is 1. The van der Waals surface area contributed by atoms with Crippen molar-refractivity contribution in [1.82, 2.24) is 39.0 Å². The fourth-order valence-electron chi connectivity index (χ4n) is 13.0. The molecule has 4 aliphatic heterocycles. The fourth-order valence-corrected chi connectivity index (χ4v) is 16.8. The molecule has 4 saturated heterocycles. The summed E-state index contributed by atoms with van der Waals surface area (Å²) in [7, 11) is -4.65. The summed E-state index contributed by atoms with van der Waals surface area (Å²) in [6.45, 7) is 35.1. The van der Waals surface area contributed by atoms with Gasteiger partial charge < -0.3 is 52.3 Å². The van der Waals surface area contributed by atoms with Crippen LogP contribution in [0.1, 0.15) is 79.1 Å². The molecule has 0 radical (unpaired) electrons. The highest BCUT2D eigenvalue weighted by Gasteiger charge is 2.53. The van der Waals surface area contributed by atoms with E-state index in [-0.39, 0.29) is 85.5 Å². The Morgan fingerprint density at radius 2 is 1.11 bits per heavy atom. The minimum absolute atomic E-state index is 0.0100. The summed E-state index contributed by atoms with van der Waals surface area (Å²) in [5, 5.41) is 11.2. The molecule has 7 aromatic rings. The normalized spacial score (nSPS) is 24.2. The van der Waals surface area contributed by atoms with Crippen LogP contribution >= 0.6 is 39.1 Å². The van der Waals surface area contributed by atoms with Gasteiger partial charge in [0.2, 0.25) is 0 Å². The first kappa shape index (κ1) is 69.0. The number of hydrogen-bond donors (Lipinski definition) is 1. The number of halogens is 5. The zero-order valence-electron chi connectivity index (χ0n) is 55.2. The van der Waals surface area contributed by atoms with E-state index >= 15 is 4.39 Å². The van der Waals surface area contributed by atoms with E-state index in [4.69, 9.17) is 92.0 Å². The Balaban J connectivity index is 0.000000188. The van der Waals surface area contributed by atoms with E-state index in [0.717, 1.165) is 58.9 Å². The Morgan fingerprint density at radius 1 is 0.638 bits per heavy atom. The highest BCUT2D eigenvalue weighted by molar-refractivity contribution is 9.10. The SMILES string of the molecule is C[Si](C)(C)CCOCn1c(O[C@@H]2CO[C@H]3[C@@H]2OC[C@H]3O)nc2cc(Cl)c(C[C@H]3CCc4cc(Br)cc(F)c43)nc21.[C-]#[N+]c1ncc(-c2cc(F)c3c(c2)CC[C@@H]3Cc2nc3c(cc2Cl)nc(O[C@@H]2CO[C@H]4[C@@H]2OC[C@H]4O[Si](C)(C)C(C)(C)C)n3COCC[Si](C)(C)C)cn1. The van der Waals surface area contributed by atoms with Gasteiger partial charge in [0, 0.05) is 39.4 Å². The summed E-state index contributed by atoms with van der Waals surface area (Å²) in [6, 6.07) is 13.4. The molecular formula is C67H84BrCl2F2N9O10Si3. The lowest BCUT2D eigenvalue weighted by molar-refractivity contribution is 0.00336. The first-order valence-electron chi connectivity index (χ1n) is 32.5. The van der Waals surface area contributed by atoms with Crippen LogP contribution in [0.4, 0.5) is 14.7 Å². The number of imidazole rings is 2. The third kappa shape index (κ3) is 15.1. The highest BCUT2D eigenvalue weighted by atomic mass is 79.9. The number of aryl methyl sites for hydroxylation is 2. The molecule has 4 fully saturated rings. The molecule has 0 unspecified atom stereocenters. The molecular weight excluding hydrogens is 1360 g/mol. The first-order chi connectivity index (χ1) is 44.6. The molecule has 94 heavy (non-hydrogen) atoms.